The van der Waals surface area contributed by atoms with E-state index in [2.05, 4.69) is 15.0 Å². The van der Waals surface area contributed by atoms with Crippen molar-refractivity contribution >= 4 is 17.3 Å². The molecule has 2 aromatic heterocycles. The number of carboxylic acid groups (broad SMARTS) is 1. The van der Waals surface area contributed by atoms with Gasteiger partial charge in [-0.15, -0.1) is 11.3 Å². The standard InChI is InChI=1S/C15H11N3O2S/c19-13(20)8-12-14(10-4-2-1-3-5-10)18-15(21-12)11-9-16-6-7-17-11/h1-7,9H,8H2,(H,19,20). The van der Waals surface area contributed by atoms with E-state index in [9.17, 15) is 4.79 Å². The molecular formula is C15H11N3O2S. The summed E-state index contributed by atoms with van der Waals surface area (Å²) >= 11 is 1.34. The Morgan fingerprint density at radius 2 is 2.00 bits per heavy atom. The number of carboxylic acids is 1. The van der Waals surface area contributed by atoms with Crippen molar-refractivity contribution in [2.24, 2.45) is 0 Å². The van der Waals surface area contributed by atoms with Crippen molar-refractivity contribution in [3.05, 3.63) is 53.8 Å². The molecule has 1 aromatic carbocycles. The van der Waals surface area contributed by atoms with E-state index in [1.165, 1.54) is 11.3 Å². The number of hydrogen-bond donors (Lipinski definition) is 1. The van der Waals surface area contributed by atoms with E-state index >= 15 is 0 Å². The first-order valence-electron chi connectivity index (χ1n) is 6.27. The lowest BCUT2D eigenvalue weighted by Crippen LogP contribution is -1.99. The zero-order valence-corrected chi connectivity index (χ0v) is 11.7. The van der Waals surface area contributed by atoms with E-state index in [0.717, 1.165) is 5.56 Å². The predicted octanol–water partition coefficient (Wildman–Crippen LogP) is 2.89. The summed E-state index contributed by atoms with van der Waals surface area (Å²) in [6.07, 6.45) is 4.75. The number of rotatable bonds is 4. The molecule has 104 valence electrons. The largest absolute Gasteiger partial charge is 0.481 e. The first-order chi connectivity index (χ1) is 10.2. The number of benzene rings is 1. The van der Waals surface area contributed by atoms with Gasteiger partial charge in [0, 0.05) is 22.8 Å². The number of nitrogens with zero attached hydrogens (tertiary/aromatic N) is 3. The van der Waals surface area contributed by atoms with Gasteiger partial charge in [0.05, 0.1) is 18.3 Å². The second-order valence-electron chi connectivity index (χ2n) is 4.32. The Balaban J connectivity index is 2.10. The third-order valence-corrected chi connectivity index (χ3v) is 3.92. The molecule has 3 rings (SSSR count). The molecule has 0 radical (unpaired) electrons. The van der Waals surface area contributed by atoms with E-state index in [1.54, 1.807) is 18.6 Å². The van der Waals surface area contributed by atoms with E-state index in [0.29, 0.717) is 21.3 Å². The van der Waals surface area contributed by atoms with Crippen LogP contribution in [-0.2, 0) is 11.2 Å². The van der Waals surface area contributed by atoms with Gasteiger partial charge in [-0.1, -0.05) is 30.3 Å². The molecular weight excluding hydrogens is 286 g/mol. The summed E-state index contributed by atoms with van der Waals surface area (Å²) in [6, 6.07) is 9.56. The molecule has 0 aliphatic heterocycles. The number of thiazole rings is 1. The van der Waals surface area contributed by atoms with Gasteiger partial charge in [-0.3, -0.25) is 14.8 Å². The Kier molecular flexibility index (Phi) is 3.70. The molecule has 1 N–H and O–H groups in total. The predicted molar refractivity (Wildman–Crippen MR) is 79.9 cm³/mol. The first-order valence-corrected chi connectivity index (χ1v) is 7.09. The lowest BCUT2D eigenvalue weighted by atomic mass is 10.1. The molecule has 6 heteroatoms. The van der Waals surface area contributed by atoms with E-state index < -0.39 is 5.97 Å². The highest BCUT2D eigenvalue weighted by Gasteiger charge is 2.17. The van der Waals surface area contributed by atoms with Gasteiger partial charge >= 0.3 is 5.97 Å². The quantitative estimate of drug-likeness (QED) is 0.801. The van der Waals surface area contributed by atoms with Crippen molar-refractivity contribution in [3.63, 3.8) is 0 Å². The second-order valence-corrected chi connectivity index (χ2v) is 5.40. The van der Waals surface area contributed by atoms with Gasteiger partial charge in [0.15, 0.2) is 0 Å². The third-order valence-electron chi connectivity index (χ3n) is 2.84. The summed E-state index contributed by atoms with van der Waals surface area (Å²) in [4.78, 5) is 24.6. The zero-order valence-electron chi connectivity index (χ0n) is 10.9. The smallest absolute Gasteiger partial charge is 0.308 e. The van der Waals surface area contributed by atoms with Crippen LogP contribution >= 0.6 is 11.3 Å². The summed E-state index contributed by atoms with van der Waals surface area (Å²) in [5.41, 5.74) is 2.25. The minimum atomic E-state index is -0.874. The molecule has 21 heavy (non-hydrogen) atoms. The first kappa shape index (κ1) is 13.4. The number of aromatic nitrogens is 3. The molecule has 0 atom stereocenters. The van der Waals surface area contributed by atoms with Crippen molar-refractivity contribution in [3.8, 4) is 22.0 Å². The minimum absolute atomic E-state index is 0.0534. The average Bonchev–Trinajstić information content (AvgIpc) is 2.92. The van der Waals surface area contributed by atoms with Crippen LogP contribution in [0.5, 0.6) is 0 Å². The van der Waals surface area contributed by atoms with Crippen LogP contribution in [-0.4, -0.2) is 26.0 Å². The van der Waals surface area contributed by atoms with Crippen molar-refractivity contribution in [2.45, 2.75) is 6.42 Å². The highest BCUT2D eigenvalue weighted by Crippen LogP contribution is 2.33. The summed E-state index contributed by atoms with van der Waals surface area (Å²) < 4.78 is 0. The summed E-state index contributed by atoms with van der Waals surface area (Å²) in [5.74, 6) is -0.874. The van der Waals surface area contributed by atoms with Crippen LogP contribution in [0.1, 0.15) is 4.88 Å². The van der Waals surface area contributed by atoms with Crippen LogP contribution in [0.25, 0.3) is 22.0 Å². The molecule has 0 amide bonds. The Morgan fingerprint density at radius 1 is 1.19 bits per heavy atom. The van der Waals surface area contributed by atoms with Crippen molar-refractivity contribution in [2.75, 3.05) is 0 Å². The fraction of sp³-hybridized carbons (Fsp3) is 0.0667. The maximum absolute atomic E-state index is 11.0. The van der Waals surface area contributed by atoms with Gasteiger partial charge in [-0.2, -0.15) is 0 Å². The fourth-order valence-corrected chi connectivity index (χ4v) is 2.99. The molecule has 3 aromatic rings. The van der Waals surface area contributed by atoms with Gasteiger partial charge in [-0.05, 0) is 0 Å². The van der Waals surface area contributed by atoms with E-state index in [4.69, 9.17) is 5.11 Å². The monoisotopic (exact) mass is 297 g/mol. The number of hydrogen-bond acceptors (Lipinski definition) is 5. The van der Waals surface area contributed by atoms with Crippen LogP contribution in [0.4, 0.5) is 0 Å². The number of carbonyl (C=O) groups is 1. The Hall–Kier alpha value is -2.60. The van der Waals surface area contributed by atoms with Crippen molar-refractivity contribution in [1.29, 1.82) is 0 Å². The molecule has 0 saturated heterocycles. The maximum atomic E-state index is 11.0. The van der Waals surface area contributed by atoms with Crippen LogP contribution in [0, 0.1) is 0 Å². The summed E-state index contributed by atoms with van der Waals surface area (Å²) in [7, 11) is 0. The Morgan fingerprint density at radius 3 is 2.67 bits per heavy atom. The van der Waals surface area contributed by atoms with Gasteiger partial charge in [-0.25, -0.2) is 4.98 Å². The number of aliphatic carboxylic acids is 1. The normalized spacial score (nSPS) is 10.5. The van der Waals surface area contributed by atoms with Gasteiger partial charge in [0.2, 0.25) is 0 Å². The molecule has 2 heterocycles. The molecule has 0 bridgehead atoms. The van der Waals surface area contributed by atoms with E-state index in [-0.39, 0.29) is 6.42 Å². The van der Waals surface area contributed by atoms with Gasteiger partial charge < -0.3 is 5.11 Å². The molecule has 0 spiro atoms. The van der Waals surface area contributed by atoms with Gasteiger partial charge in [0.25, 0.3) is 0 Å². The maximum Gasteiger partial charge on any atom is 0.308 e. The van der Waals surface area contributed by atoms with Crippen LogP contribution < -0.4 is 0 Å². The highest BCUT2D eigenvalue weighted by molar-refractivity contribution is 7.15. The molecule has 0 saturated carbocycles. The topological polar surface area (TPSA) is 76.0 Å². The van der Waals surface area contributed by atoms with Crippen LogP contribution in [0.3, 0.4) is 0 Å². The Bertz CT molecular complexity index is 757. The molecule has 0 aliphatic rings. The highest BCUT2D eigenvalue weighted by atomic mass is 32.1. The van der Waals surface area contributed by atoms with Crippen molar-refractivity contribution in [1.82, 2.24) is 15.0 Å². The van der Waals surface area contributed by atoms with Crippen LogP contribution in [0.2, 0.25) is 0 Å². The van der Waals surface area contributed by atoms with E-state index in [1.807, 2.05) is 30.3 Å². The second kappa shape index (κ2) is 5.80. The fourth-order valence-electron chi connectivity index (χ4n) is 1.95. The molecule has 0 fully saturated rings. The SMILES string of the molecule is O=C(O)Cc1sc(-c2cnccn2)nc1-c1ccccc1. The lowest BCUT2D eigenvalue weighted by Gasteiger charge is -1.99. The zero-order chi connectivity index (χ0) is 14.7. The molecule has 0 aliphatic carbocycles. The average molecular weight is 297 g/mol. The van der Waals surface area contributed by atoms with Crippen LogP contribution in [0.15, 0.2) is 48.9 Å². The van der Waals surface area contributed by atoms with Gasteiger partial charge in [0.1, 0.15) is 10.7 Å². The molecule has 0 unspecified atom stereocenters. The lowest BCUT2D eigenvalue weighted by molar-refractivity contribution is -0.136. The van der Waals surface area contributed by atoms with Crippen molar-refractivity contribution < 1.29 is 9.90 Å². The third kappa shape index (κ3) is 2.95. The Labute approximate surface area is 125 Å². The molecule has 5 nitrogen and oxygen atoms in total. The summed E-state index contributed by atoms with van der Waals surface area (Å²) in [6.45, 7) is 0. The summed E-state index contributed by atoms with van der Waals surface area (Å²) in [5, 5.41) is 9.75. The minimum Gasteiger partial charge on any atom is -0.481 e.